The van der Waals surface area contributed by atoms with Gasteiger partial charge < -0.3 is 5.32 Å². The smallest absolute Gasteiger partial charge is 0.243 e. The van der Waals surface area contributed by atoms with Crippen LogP contribution in [-0.4, -0.2) is 12.5 Å². The second kappa shape index (κ2) is 11.9. The van der Waals surface area contributed by atoms with Crippen LogP contribution in [0, 0.1) is 12.8 Å². The van der Waals surface area contributed by atoms with Gasteiger partial charge in [0.2, 0.25) is 5.91 Å². The summed E-state index contributed by atoms with van der Waals surface area (Å²) in [5.74, 6) is 1.60. The molecule has 1 saturated carbocycles. The molecule has 1 aliphatic rings. The molecule has 2 aromatic rings. The third-order valence-electron chi connectivity index (χ3n) is 7.00. The molecule has 2 nitrogen and oxygen atoms in total. The van der Waals surface area contributed by atoms with Crippen molar-refractivity contribution in [3.8, 4) is 11.1 Å². The second-order valence-electron chi connectivity index (χ2n) is 9.22. The number of carbonyl (C=O) groups excluding carboxylic acids is 1. The minimum atomic E-state index is -0.112. The Bertz CT molecular complexity index is 844. The number of carbonyl (C=O) groups is 1. The summed E-state index contributed by atoms with van der Waals surface area (Å²) in [6.45, 7) is 8.58. The fourth-order valence-corrected chi connectivity index (χ4v) is 4.96. The maximum Gasteiger partial charge on any atom is 0.243 e. The molecule has 2 aromatic carbocycles. The Hall–Kier alpha value is -2.35. The van der Waals surface area contributed by atoms with Crippen LogP contribution in [0.4, 0.5) is 0 Å². The minimum absolute atomic E-state index is 0.112. The van der Waals surface area contributed by atoms with E-state index in [0.717, 1.165) is 18.3 Å². The van der Waals surface area contributed by atoms with E-state index >= 15 is 0 Å². The largest absolute Gasteiger partial charge is 0.352 e. The number of amides is 1. The zero-order valence-electron chi connectivity index (χ0n) is 19.5. The van der Waals surface area contributed by atoms with Gasteiger partial charge in [-0.1, -0.05) is 81.7 Å². The molecule has 3 rings (SSSR count). The Balaban J connectivity index is 1.54. The number of unbranched alkanes of at least 4 members (excludes halogenated alkanes) is 2. The third-order valence-corrected chi connectivity index (χ3v) is 7.00. The number of nitrogens with one attached hydrogen (secondary N) is 1. The van der Waals surface area contributed by atoms with E-state index in [1.807, 2.05) is 0 Å². The van der Waals surface area contributed by atoms with E-state index in [-0.39, 0.29) is 5.91 Å². The molecule has 0 bridgehead atoms. The highest BCUT2D eigenvalue weighted by atomic mass is 16.1. The first-order chi connectivity index (χ1) is 15.1. The predicted molar refractivity (Wildman–Crippen MR) is 132 cm³/mol. The van der Waals surface area contributed by atoms with E-state index < -0.39 is 0 Å². The summed E-state index contributed by atoms with van der Waals surface area (Å²) in [6, 6.07) is 16.0. The van der Waals surface area contributed by atoms with Crippen LogP contribution in [0.15, 0.2) is 55.1 Å². The van der Waals surface area contributed by atoms with Crippen LogP contribution in [0.1, 0.15) is 80.9 Å². The number of hydrogen-bond acceptors (Lipinski definition) is 1. The standard InChI is InChI=1S/C29H39NO/c1-4-6-7-8-23-9-11-25(12-10-23)26-14-16-27(17-15-26)28-18-13-24(22(3)21-28)19-20-30-29(31)5-2/h5,13-18,21,23,25H,2,4,6-12,19-20H2,1,3H3,(H,30,31). The fraction of sp³-hybridized carbons (Fsp3) is 0.483. The molecule has 0 radical (unpaired) electrons. The molecule has 0 heterocycles. The fourth-order valence-electron chi connectivity index (χ4n) is 4.96. The molecular formula is C29H39NO. The van der Waals surface area contributed by atoms with Crippen LogP contribution in [-0.2, 0) is 11.2 Å². The van der Waals surface area contributed by atoms with Crippen LogP contribution in [0.3, 0.4) is 0 Å². The highest BCUT2D eigenvalue weighted by molar-refractivity contribution is 5.86. The molecule has 0 saturated heterocycles. The van der Waals surface area contributed by atoms with Gasteiger partial charge >= 0.3 is 0 Å². The molecule has 1 fully saturated rings. The lowest BCUT2D eigenvalue weighted by Crippen LogP contribution is -2.23. The SMILES string of the molecule is C=CC(=O)NCCc1ccc(-c2ccc(C3CCC(CCCCC)CC3)cc2)cc1C. The Labute approximate surface area is 189 Å². The Morgan fingerprint density at radius 3 is 2.39 bits per heavy atom. The van der Waals surface area contributed by atoms with Gasteiger partial charge in [-0.2, -0.15) is 0 Å². The summed E-state index contributed by atoms with van der Waals surface area (Å²) in [5, 5.41) is 2.85. The number of benzene rings is 2. The summed E-state index contributed by atoms with van der Waals surface area (Å²) in [4.78, 5) is 11.3. The zero-order chi connectivity index (χ0) is 22.1. The normalized spacial score (nSPS) is 18.5. The lowest BCUT2D eigenvalue weighted by molar-refractivity contribution is -0.116. The van der Waals surface area contributed by atoms with Crippen molar-refractivity contribution in [1.82, 2.24) is 5.32 Å². The highest BCUT2D eigenvalue weighted by Crippen LogP contribution is 2.38. The van der Waals surface area contributed by atoms with Crippen LogP contribution < -0.4 is 5.32 Å². The molecule has 166 valence electrons. The summed E-state index contributed by atoms with van der Waals surface area (Å²) >= 11 is 0. The summed E-state index contributed by atoms with van der Waals surface area (Å²) in [6.07, 6.45) is 13.3. The lowest BCUT2D eigenvalue weighted by Gasteiger charge is -2.29. The first-order valence-corrected chi connectivity index (χ1v) is 12.2. The van der Waals surface area contributed by atoms with E-state index in [1.165, 1.54) is 85.3 Å². The average Bonchev–Trinajstić information content (AvgIpc) is 2.80. The van der Waals surface area contributed by atoms with Crippen molar-refractivity contribution in [2.75, 3.05) is 6.54 Å². The van der Waals surface area contributed by atoms with Gasteiger partial charge in [0.15, 0.2) is 0 Å². The minimum Gasteiger partial charge on any atom is -0.352 e. The molecule has 1 amide bonds. The van der Waals surface area contributed by atoms with Crippen LogP contribution in [0.2, 0.25) is 0 Å². The van der Waals surface area contributed by atoms with E-state index in [2.05, 4.69) is 68.2 Å². The van der Waals surface area contributed by atoms with Gasteiger partial charge in [0.25, 0.3) is 0 Å². The first kappa shape index (κ1) is 23.3. The van der Waals surface area contributed by atoms with Crippen molar-refractivity contribution in [2.24, 2.45) is 5.92 Å². The van der Waals surface area contributed by atoms with Gasteiger partial charge in [-0.05, 0) is 84.8 Å². The lowest BCUT2D eigenvalue weighted by atomic mass is 9.77. The topological polar surface area (TPSA) is 29.1 Å². The molecule has 2 heteroatoms. The van der Waals surface area contributed by atoms with E-state index in [1.54, 1.807) is 0 Å². The third kappa shape index (κ3) is 6.82. The molecule has 1 aliphatic carbocycles. The van der Waals surface area contributed by atoms with Gasteiger partial charge in [0.1, 0.15) is 0 Å². The van der Waals surface area contributed by atoms with Crippen LogP contribution >= 0.6 is 0 Å². The summed E-state index contributed by atoms with van der Waals surface area (Å²) in [7, 11) is 0. The number of rotatable bonds is 10. The maximum absolute atomic E-state index is 11.3. The second-order valence-corrected chi connectivity index (χ2v) is 9.22. The Morgan fingerprint density at radius 2 is 1.74 bits per heavy atom. The average molecular weight is 418 g/mol. The molecule has 0 aromatic heterocycles. The van der Waals surface area contributed by atoms with E-state index in [0.29, 0.717) is 6.54 Å². The maximum atomic E-state index is 11.3. The van der Waals surface area contributed by atoms with Crippen molar-refractivity contribution in [3.63, 3.8) is 0 Å². The van der Waals surface area contributed by atoms with Gasteiger partial charge in [-0.25, -0.2) is 0 Å². The molecule has 1 N–H and O–H groups in total. The van der Waals surface area contributed by atoms with Gasteiger partial charge in [0, 0.05) is 6.54 Å². The number of hydrogen-bond donors (Lipinski definition) is 1. The first-order valence-electron chi connectivity index (χ1n) is 12.2. The van der Waals surface area contributed by atoms with Crippen molar-refractivity contribution in [3.05, 3.63) is 71.8 Å². The highest BCUT2D eigenvalue weighted by Gasteiger charge is 2.22. The van der Waals surface area contributed by atoms with E-state index in [9.17, 15) is 4.79 Å². The molecule has 0 atom stereocenters. The van der Waals surface area contributed by atoms with Crippen molar-refractivity contribution in [1.29, 1.82) is 0 Å². The van der Waals surface area contributed by atoms with Gasteiger partial charge in [-0.3, -0.25) is 4.79 Å². The summed E-state index contributed by atoms with van der Waals surface area (Å²) < 4.78 is 0. The van der Waals surface area contributed by atoms with Crippen LogP contribution in [0.5, 0.6) is 0 Å². The zero-order valence-corrected chi connectivity index (χ0v) is 19.5. The van der Waals surface area contributed by atoms with Gasteiger partial charge in [-0.15, -0.1) is 0 Å². The van der Waals surface area contributed by atoms with Crippen molar-refractivity contribution < 1.29 is 4.79 Å². The van der Waals surface area contributed by atoms with Gasteiger partial charge in [0.05, 0.1) is 0 Å². The molecule has 0 unspecified atom stereocenters. The molecule has 0 spiro atoms. The van der Waals surface area contributed by atoms with Crippen molar-refractivity contribution in [2.45, 2.75) is 77.6 Å². The summed E-state index contributed by atoms with van der Waals surface area (Å²) in [5.41, 5.74) is 6.62. The predicted octanol–water partition coefficient (Wildman–Crippen LogP) is 7.36. The Morgan fingerprint density at radius 1 is 1.03 bits per heavy atom. The van der Waals surface area contributed by atoms with Crippen molar-refractivity contribution >= 4 is 5.91 Å². The molecular weight excluding hydrogens is 378 g/mol. The molecule has 0 aliphatic heterocycles. The molecule has 31 heavy (non-hydrogen) atoms. The van der Waals surface area contributed by atoms with E-state index in [4.69, 9.17) is 0 Å². The Kier molecular flexibility index (Phi) is 8.94. The van der Waals surface area contributed by atoms with Crippen LogP contribution in [0.25, 0.3) is 11.1 Å². The monoisotopic (exact) mass is 417 g/mol. The number of aryl methyl sites for hydroxylation is 1. The quantitative estimate of drug-likeness (QED) is 0.317.